The van der Waals surface area contributed by atoms with Gasteiger partial charge in [-0.05, 0) is 12.8 Å². The molecule has 0 aromatic carbocycles. The molecule has 1 spiro atoms. The zero-order valence-corrected chi connectivity index (χ0v) is 14.4. The standard InChI is InChI=1S/C14H20BrNO4S/c1-18-13(17)12-10(8-11(15)21-12)16-9-2-4-14(5-3-9)19-6-7-20-14/h9,11,16H,2-8H2,1H3. The van der Waals surface area contributed by atoms with Crippen LogP contribution in [-0.4, -0.2) is 42.3 Å². The summed E-state index contributed by atoms with van der Waals surface area (Å²) in [6, 6.07) is 0.372. The number of thioether (sulfide) groups is 1. The molecule has 3 rings (SSSR count). The molecule has 1 saturated carbocycles. The summed E-state index contributed by atoms with van der Waals surface area (Å²) in [5, 5.41) is 3.54. The fourth-order valence-electron chi connectivity index (χ4n) is 3.12. The monoisotopic (exact) mass is 377 g/mol. The summed E-state index contributed by atoms with van der Waals surface area (Å²) in [5.74, 6) is -0.584. The number of carbonyl (C=O) groups is 1. The van der Waals surface area contributed by atoms with Crippen LogP contribution in [0.4, 0.5) is 0 Å². The van der Waals surface area contributed by atoms with E-state index in [1.807, 2.05) is 0 Å². The van der Waals surface area contributed by atoms with E-state index >= 15 is 0 Å². The zero-order chi connectivity index (χ0) is 14.9. The molecule has 0 aromatic heterocycles. The van der Waals surface area contributed by atoms with E-state index < -0.39 is 0 Å². The number of methoxy groups -OCH3 is 1. The maximum Gasteiger partial charge on any atom is 0.346 e. The number of rotatable bonds is 3. The Morgan fingerprint density at radius 1 is 1.38 bits per heavy atom. The number of hydrogen-bond acceptors (Lipinski definition) is 6. The average Bonchev–Trinajstić information content (AvgIpc) is 3.08. The van der Waals surface area contributed by atoms with Gasteiger partial charge in [0.15, 0.2) is 5.79 Å². The number of alkyl halides is 1. The molecule has 2 fully saturated rings. The summed E-state index contributed by atoms with van der Waals surface area (Å²) >= 11 is 5.09. The van der Waals surface area contributed by atoms with E-state index in [1.54, 1.807) is 0 Å². The predicted octanol–water partition coefficient (Wildman–Crippen LogP) is 2.50. The molecule has 1 atom stereocenters. The van der Waals surface area contributed by atoms with Crippen molar-refractivity contribution < 1.29 is 19.0 Å². The van der Waals surface area contributed by atoms with E-state index in [1.165, 1.54) is 18.9 Å². The Labute approximate surface area is 137 Å². The molecule has 0 radical (unpaired) electrons. The fourth-order valence-corrected chi connectivity index (χ4v) is 4.97. The Bertz CT molecular complexity index is 440. The molecule has 2 heterocycles. The molecule has 1 aliphatic carbocycles. The maximum absolute atomic E-state index is 11.8. The SMILES string of the molecule is COC(=O)C1=C(NC2CCC3(CC2)OCCO3)CC(Br)S1. The molecule has 118 valence electrons. The van der Waals surface area contributed by atoms with Crippen molar-refractivity contribution in [2.45, 2.75) is 48.1 Å². The Balaban J connectivity index is 1.60. The summed E-state index contributed by atoms with van der Waals surface area (Å²) in [4.78, 5) is 12.5. The van der Waals surface area contributed by atoms with E-state index in [0.29, 0.717) is 24.2 Å². The lowest BCUT2D eigenvalue weighted by atomic mass is 9.90. The maximum atomic E-state index is 11.8. The first-order valence-corrected chi connectivity index (χ1v) is 9.08. The first-order valence-electron chi connectivity index (χ1n) is 7.28. The molecule has 1 saturated heterocycles. The topological polar surface area (TPSA) is 56.8 Å². The van der Waals surface area contributed by atoms with Gasteiger partial charge >= 0.3 is 5.97 Å². The highest BCUT2D eigenvalue weighted by Gasteiger charge is 2.41. The van der Waals surface area contributed by atoms with Crippen LogP contribution in [0, 0.1) is 0 Å². The third-order valence-corrected chi connectivity index (χ3v) is 6.15. The largest absolute Gasteiger partial charge is 0.465 e. The summed E-state index contributed by atoms with van der Waals surface area (Å²) in [5.41, 5.74) is 1.00. The second-order valence-electron chi connectivity index (χ2n) is 5.56. The Morgan fingerprint density at radius 3 is 2.67 bits per heavy atom. The predicted molar refractivity (Wildman–Crippen MR) is 84.0 cm³/mol. The molecule has 7 heteroatoms. The normalized spacial score (nSPS) is 29.1. The van der Waals surface area contributed by atoms with Crippen molar-refractivity contribution in [2.75, 3.05) is 20.3 Å². The van der Waals surface area contributed by atoms with E-state index in [-0.39, 0.29) is 15.9 Å². The number of halogens is 1. The molecule has 0 bridgehead atoms. The van der Waals surface area contributed by atoms with Gasteiger partial charge < -0.3 is 19.5 Å². The zero-order valence-electron chi connectivity index (χ0n) is 12.0. The highest BCUT2D eigenvalue weighted by Crippen LogP contribution is 2.42. The van der Waals surface area contributed by atoms with Crippen LogP contribution in [-0.2, 0) is 19.0 Å². The molecule has 21 heavy (non-hydrogen) atoms. The van der Waals surface area contributed by atoms with Crippen LogP contribution in [0.15, 0.2) is 10.6 Å². The van der Waals surface area contributed by atoms with Crippen LogP contribution in [0.25, 0.3) is 0 Å². The van der Waals surface area contributed by atoms with Gasteiger partial charge in [0.25, 0.3) is 0 Å². The average molecular weight is 378 g/mol. The fraction of sp³-hybridized carbons (Fsp3) is 0.786. The first-order chi connectivity index (χ1) is 10.1. The quantitative estimate of drug-likeness (QED) is 0.602. The van der Waals surface area contributed by atoms with Gasteiger partial charge in [0, 0.05) is 31.0 Å². The molecule has 0 aromatic rings. The van der Waals surface area contributed by atoms with Gasteiger partial charge in [-0.25, -0.2) is 4.79 Å². The number of esters is 1. The molecular formula is C14H20BrNO4S. The van der Waals surface area contributed by atoms with Gasteiger partial charge in [-0.15, -0.1) is 11.8 Å². The van der Waals surface area contributed by atoms with E-state index in [0.717, 1.165) is 37.8 Å². The lowest BCUT2D eigenvalue weighted by molar-refractivity contribution is -0.179. The first kappa shape index (κ1) is 15.6. The molecule has 0 amide bonds. The van der Waals surface area contributed by atoms with Crippen molar-refractivity contribution in [3.63, 3.8) is 0 Å². The number of nitrogens with one attached hydrogen (secondary N) is 1. The van der Waals surface area contributed by atoms with Gasteiger partial charge in [0.2, 0.25) is 0 Å². The molecule has 1 unspecified atom stereocenters. The van der Waals surface area contributed by atoms with Gasteiger partial charge in [0.1, 0.15) is 4.91 Å². The number of allylic oxidation sites excluding steroid dienone is 1. The van der Waals surface area contributed by atoms with Crippen molar-refractivity contribution in [3.05, 3.63) is 10.6 Å². The summed E-state index contributed by atoms with van der Waals surface area (Å²) in [6.07, 6.45) is 4.64. The van der Waals surface area contributed by atoms with Crippen molar-refractivity contribution in [2.24, 2.45) is 0 Å². The van der Waals surface area contributed by atoms with Crippen LogP contribution in [0.5, 0.6) is 0 Å². The van der Waals surface area contributed by atoms with Gasteiger partial charge in [-0.2, -0.15) is 0 Å². The van der Waals surface area contributed by atoms with Crippen LogP contribution in [0.3, 0.4) is 0 Å². The van der Waals surface area contributed by atoms with Crippen molar-refractivity contribution in [1.29, 1.82) is 0 Å². The smallest absolute Gasteiger partial charge is 0.346 e. The Morgan fingerprint density at radius 2 is 2.05 bits per heavy atom. The minimum Gasteiger partial charge on any atom is -0.465 e. The minimum atomic E-state index is -0.333. The van der Waals surface area contributed by atoms with Crippen molar-refractivity contribution in [1.82, 2.24) is 5.32 Å². The third kappa shape index (κ3) is 3.41. The molecule has 3 aliphatic rings. The lowest BCUT2D eigenvalue weighted by Crippen LogP contribution is -2.42. The molecule has 5 nitrogen and oxygen atoms in total. The molecule has 1 N–H and O–H groups in total. The van der Waals surface area contributed by atoms with Crippen LogP contribution >= 0.6 is 27.7 Å². The second-order valence-corrected chi connectivity index (χ2v) is 8.48. The van der Waals surface area contributed by atoms with Crippen LogP contribution in [0.2, 0.25) is 0 Å². The lowest BCUT2D eigenvalue weighted by Gasteiger charge is -2.36. The van der Waals surface area contributed by atoms with Gasteiger partial charge in [-0.1, -0.05) is 15.9 Å². The van der Waals surface area contributed by atoms with Crippen LogP contribution < -0.4 is 5.32 Å². The summed E-state index contributed by atoms with van der Waals surface area (Å²) in [7, 11) is 1.42. The van der Waals surface area contributed by atoms with Crippen molar-refractivity contribution >= 4 is 33.7 Å². The van der Waals surface area contributed by atoms with E-state index in [9.17, 15) is 4.79 Å². The van der Waals surface area contributed by atoms with Gasteiger partial charge in [-0.3, -0.25) is 0 Å². The second kappa shape index (κ2) is 6.48. The highest BCUT2D eigenvalue weighted by molar-refractivity contribution is 9.11. The molecular weight excluding hydrogens is 358 g/mol. The van der Waals surface area contributed by atoms with Crippen LogP contribution in [0.1, 0.15) is 32.1 Å². The minimum absolute atomic E-state index is 0.241. The van der Waals surface area contributed by atoms with Crippen molar-refractivity contribution in [3.8, 4) is 0 Å². The number of hydrogen-bond donors (Lipinski definition) is 1. The highest BCUT2D eigenvalue weighted by atomic mass is 79.9. The summed E-state index contributed by atoms with van der Waals surface area (Å²) in [6.45, 7) is 1.41. The Hall–Kier alpha value is -0.240. The number of carbonyl (C=O) groups excluding carboxylic acids is 1. The van der Waals surface area contributed by atoms with E-state index in [4.69, 9.17) is 14.2 Å². The third-order valence-electron chi connectivity index (χ3n) is 4.19. The number of ether oxygens (including phenoxy) is 3. The van der Waals surface area contributed by atoms with E-state index in [2.05, 4.69) is 21.2 Å². The Kier molecular flexibility index (Phi) is 4.83. The van der Waals surface area contributed by atoms with Gasteiger partial charge in [0.05, 0.1) is 24.5 Å². The summed E-state index contributed by atoms with van der Waals surface area (Å²) < 4.78 is 16.6. The molecule has 2 aliphatic heterocycles.